The fourth-order valence-corrected chi connectivity index (χ4v) is 11.0. The molecule has 2 atom stereocenters. The van der Waals surface area contributed by atoms with Crippen molar-refractivity contribution in [3.05, 3.63) is 60.8 Å². The summed E-state index contributed by atoms with van der Waals surface area (Å²) < 4.78 is 22.8. The molecule has 508 valence electrons. The van der Waals surface area contributed by atoms with E-state index >= 15 is 0 Å². The van der Waals surface area contributed by atoms with Gasteiger partial charge in [0.2, 0.25) is 0 Å². The van der Waals surface area contributed by atoms with Crippen LogP contribution in [0.5, 0.6) is 0 Å². The molecule has 0 spiro atoms. The van der Waals surface area contributed by atoms with Crippen molar-refractivity contribution in [1.29, 1.82) is 0 Å². The molecule has 0 amide bonds. The molecule has 0 N–H and O–H groups in total. The maximum atomic E-state index is 13.0. The van der Waals surface area contributed by atoms with E-state index in [1.54, 1.807) is 0 Å². The average molecular weight is 1220 g/mol. The number of nitrogens with zero attached hydrogens (tertiary/aromatic N) is 1. The van der Waals surface area contributed by atoms with Crippen LogP contribution in [0.15, 0.2) is 60.8 Å². The van der Waals surface area contributed by atoms with Crippen LogP contribution in [0.3, 0.4) is 0 Å². The number of carboxylic acids is 1. The van der Waals surface area contributed by atoms with Gasteiger partial charge < -0.3 is 33.3 Å². The van der Waals surface area contributed by atoms with Gasteiger partial charge >= 0.3 is 11.9 Å². The van der Waals surface area contributed by atoms with Crippen LogP contribution in [0, 0.1) is 0 Å². The number of likely N-dealkylation sites (N-methyl/N-ethyl adjacent to an activating group) is 1. The molecule has 87 heavy (non-hydrogen) atoms. The number of unbranched alkanes of at least 4 members (excludes halogenated alkanes) is 45. The van der Waals surface area contributed by atoms with Crippen LogP contribution in [0.25, 0.3) is 0 Å². The minimum atomic E-state index is -1.62. The fourth-order valence-electron chi connectivity index (χ4n) is 11.0. The molecule has 0 saturated carbocycles. The zero-order valence-corrected chi connectivity index (χ0v) is 58.2. The van der Waals surface area contributed by atoms with Crippen molar-refractivity contribution >= 4 is 17.9 Å². The van der Waals surface area contributed by atoms with E-state index in [1.165, 1.54) is 276 Å². The molecule has 0 rings (SSSR count). The molecule has 0 aliphatic heterocycles. The Hall–Kier alpha value is -3.01. The SMILES string of the molecule is CCCCCCC/C=C\C/C=C\C/C=C\CCCCCCCCCCCCCCCCCCCCCCCCC(=O)OC(COC(=O)CCCCCCCCCCCCCCC/C=C\C/C=C\CCCCCCC)COC(OCC[N+](C)(C)C)C(=O)[O-]. The van der Waals surface area contributed by atoms with Gasteiger partial charge in [-0.3, -0.25) is 9.59 Å². The summed E-state index contributed by atoms with van der Waals surface area (Å²) in [6.45, 7) is 4.78. The van der Waals surface area contributed by atoms with Crippen LogP contribution in [0.1, 0.15) is 361 Å². The Kier molecular flexibility index (Phi) is 66.5. The zero-order chi connectivity index (χ0) is 63.3. The van der Waals surface area contributed by atoms with Crippen molar-refractivity contribution in [3.63, 3.8) is 0 Å². The Bertz CT molecular complexity index is 1610. The van der Waals surface area contributed by atoms with Gasteiger partial charge in [-0.05, 0) is 83.5 Å². The molecule has 0 bridgehead atoms. The number of rotatable bonds is 70. The van der Waals surface area contributed by atoms with Gasteiger partial charge in [0, 0.05) is 12.8 Å². The van der Waals surface area contributed by atoms with E-state index in [1.807, 2.05) is 21.1 Å². The fraction of sp³-hybridized carbons (Fsp3) is 0.833. The standard InChI is InChI=1S/C78H143NO8/c1-6-8-10-12-14-16-18-20-22-24-26-28-30-32-33-34-35-36-37-38-39-40-41-42-43-45-47-49-51-53-55-57-59-61-63-65-67-69-76(81)87-74(73-86-78(77(82)83)84-71-70-79(3,4)5)72-85-75(80)68-66-64-62-60-58-56-54-52-50-48-46-44-31-29-27-25-23-21-19-17-15-13-11-9-7-2/h18-21,24-27,30,32,74,78H,6-17,22-23,28-29,31,33-73H2,1-5H3/b20-18-,21-19-,26-24-,27-25-,32-30-. The van der Waals surface area contributed by atoms with Gasteiger partial charge in [-0.15, -0.1) is 0 Å². The molecule has 0 saturated heterocycles. The van der Waals surface area contributed by atoms with Crippen LogP contribution >= 0.6 is 0 Å². The number of carboxylic acid groups (broad SMARTS) is 1. The van der Waals surface area contributed by atoms with Gasteiger partial charge in [0.1, 0.15) is 13.2 Å². The summed E-state index contributed by atoms with van der Waals surface area (Å²) in [4.78, 5) is 37.5. The lowest BCUT2D eigenvalue weighted by atomic mass is 10.0. The Morgan fingerprint density at radius 2 is 0.621 bits per heavy atom. The number of carbonyl (C=O) groups excluding carboxylic acids is 3. The van der Waals surface area contributed by atoms with E-state index in [0.29, 0.717) is 23.9 Å². The van der Waals surface area contributed by atoms with E-state index in [-0.39, 0.29) is 32.2 Å². The summed E-state index contributed by atoms with van der Waals surface area (Å²) in [5.41, 5.74) is 0. The number of esters is 2. The van der Waals surface area contributed by atoms with Gasteiger partial charge in [-0.25, -0.2) is 0 Å². The summed E-state index contributed by atoms with van der Waals surface area (Å²) in [6, 6.07) is 0. The number of ether oxygens (including phenoxy) is 4. The molecular formula is C78H143NO8. The minimum absolute atomic E-state index is 0.149. The molecule has 9 heteroatoms. The highest BCUT2D eigenvalue weighted by atomic mass is 16.7. The van der Waals surface area contributed by atoms with Crippen molar-refractivity contribution in [3.8, 4) is 0 Å². The van der Waals surface area contributed by atoms with Crippen LogP contribution < -0.4 is 5.11 Å². The van der Waals surface area contributed by atoms with Crippen molar-refractivity contribution in [1.82, 2.24) is 0 Å². The predicted octanol–water partition coefficient (Wildman–Crippen LogP) is 22.1. The first-order valence-corrected chi connectivity index (χ1v) is 37.4. The monoisotopic (exact) mass is 1220 g/mol. The lowest BCUT2D eigenvalue weighted by molar-refractivity contribution is -0.870. The third kappa shape index (κ3) is 70.3. The second kappa shape index (κ2) is 68.9. The third-order valence-electron chi connectivity index (χ3n) is 16.7. The average Bonchev–Trinajstić information content (AvgIpc) is 3.57. The Labute approximate surface area is 539 Å². The number of hydrogen-bond donors (Lipinski definition) is 0. The molecule has 0 aromatic heterocycles. The molecule has 0 aliphatic carbocycles. The first-order valence-electron chi connectivity index (χ1n) is 37.4. The van der Waals surface area contributed by atoms with Crippen molar-refractivity contribution in [2.45, 2.75) is 373 Å². The van der Waals surface area contributed by atoms with Crippen molar-refractivity contribution in [2.75, 3.05) is 47.5 Å². The molecule has 2 unspecified atom stereocenters. The summed E-state index contributed by atoms with van der Waals surface area (Å²) >= 11 is 0. The van der Waals surface area contributed by atoms with Gasteiger partial charge in [-0.1, -0.05) is 325 Å². The normalized spacial score (nSPS) is 13.0. The van der Waals surface area contributed by atoms with Crippen LogP contribution in [-0.2, 0) is 33.3 Å². The summed E-state index contributed by atoms with van der Waals surface area (Å²) in [6.07, 6.45) is 87.5. The number of quaternary nitrogens is 1. The van der Waals surface area contributed by atoms with E-state index in [9.17, 15) is 19.5 Å². The van der Waals surface area contributed by atoms with Crippen molar-refractivity contribution in [2.24, 2.45) is 0 Å². The first-order chi connectivity index (χ1) is 42.6. The zero-order valence-electron chi connectivity index (χ0n) is 58.2. The van der Waals surface area contributed by atoms with Gasteiger partial charge in [-0.2, -0.15) is 0 Å². The van der Waals surface area contributed by atoms with Crippen molar-refractivity contribution < 1.29 is 42.9 Å². The second-order valence-corrected chi connectivity index (χ2v) is 26.6. The van der Waals surface area contributed by atoms with E-state index in [0.717, 1.165) is 51.4 Å². The summed E-state index contributed by atoms with van der Waals surface area (Å²) in [5, 5.41) is 11.8. The first kappa shape index (κ1) is 84.0. The highest BCUT2D eigenvalue weighted by Gasteiger charge is 2.22. The van der Waals surface area contributed by atoms with Gasteiger partial charge in [0.05, 0.1) is 40.3 Å². The maximum Gasteiger partial charge on any atom is 0.306 e. The summed E-state index contributed by atoms with van der Waals surface area (Å²) in [5.74, 6) is -2.26. The maximum absolute atomic E-state index is 13.0. The molecule has 0 heterocycles. The Balaban J connectivity index is 4.02. The Morgan fingerprint density at radius 1 is 0.345 bits per heavy atom. The number of hydrogen-bond acceptors (Lipinski definition) is 8. The van der Waals surface area contributed by atoms with E-state index in [4.69, 9.17) is 18.9 Å². The van der Waals surface area contributed by atoms with Crippen LogP contribution in [0.2, 0.25) is 0 Å². The lowest BCUT2D eigenvalue weighted by Crippen LogP contribution is -2.44. The molecule has 9 nitrogen and oxygen atoms in total. The van der Waals surface area contributed by atoms with Crippen LogP contribution in [-0.4, -0.2) is 82.3 Å². The number of allylic oxidation sites excluding steroid dienone is 10. The quantitative estimate of drug-likeness (QED) is 0.0195. The highest BCUT2D eigenvalue weighted by Crippen LogP contribution is 2.19. The van der Waals surface area contributed by atoms with E-state index < -0.39 is 24.3 Å². The predicted molar refractivity (Wildman–Crippen MR) is 371 cm³/mol. The van der Waals surface area contributed by atoms with Gasteiger partial charge in [0.15, 0.2) is 12.4 Å². The molecular weight excluding hydrogens is 1080 g/mol. The largest absolute Gasteiger partial charge is 0.545 e. The molecule has 0 aliphatic rings. The second-order valence-electron chi connectivity index (χ2n) is 26.6. The van der Waals surface area contributed by atoms with Crippen LogP contribution in [0.4, 0.5) is 0 Å². The molecule has 0 radical (unpaired) electrons. The van der Waals surface area contributed by atoms with Gasteiger partial charge in [0.25, 0.3) is 0 Å². The smallest absolute Gasteiger partial charge is 0.306 e. The highest BCUT2D eigenvalue weighted by molar-refractivity contribution is 5.70. The molecule has 0 fully saturated rings. The third-order valence-corrected chi connectivity index (χ3v) is 16.7. The lowest BCUT2D eigenvalue weighted by Gasteiger charge is -2.26. The number of carbonyl (C=O) groups is 3. The molecule has 0 aromatic carbocycles. The van der Waals surface area contributed by atoms with E-state index in [2.05, 4.69) is 74.6 Å². The Morgan fingerprint density at radius 3 is 0.920 bits per heavy atom. The molecule has 0 aromatic rings. The number of aliphatic carboxylic acids is 1. The summed E-state index contributed by atoms with van der Waals surface area (Å²) in [7, 11) is 5.94. The topological polar surface area (TPSA) is 111 Å². The minimum Gasteiger partial charge on any atom is -0.545 e.